The molecular weight excluding hydrogens is 254 g/mol. The lowest BCUT2D eigenvalue weighted by Gasteiger charge is -2.13. The summed E-state index contributed by atoms with van der Waals surface area (Å²) in [5.74, 6) is -0.293. The van der Waals surface area contributed by atoms with Crippen molar-refractivity contribution in [3.8, 4) is 0 Å². The van der Waals surface area contributed by atoms with Crippen LogP contribution in [0.15, 0.2) is 30.3 Å². The number of ether oxygens (including phenoxy) is 1. The van der Waals surface area contributed by atoms with E-state index >= 15 is 0 Å². The molecule has 2 N–H and O–H groups in total. The van der Waals surface area contributed by atoms with Crippen LogP contribution in [0.25, 0.3) is 0 Å². The van der Waals surface area contributed by atoms with E-state index in [9.17, 15) is 9.90 Å². The second kappa shape index (κ2) is 8.08. The summed E-state index contributed by atoms with van der Waals surface area (Å²) in [7, 11) is 0. The molecule has 0 bridgehead atoms. The number of alkyl halides is 1. The third-order valence-corrected chi connectivity index (χ3v) is 2.49. The zero-order chi connectivity index (χ0) is 13.4. The number of nitrogens with one attached hydrogen (secondary N) is 1. The predicted molar refractivity (Wildman–Crippen MR) is 70.4 cm³/mol. The maximum atomic E-state index is 11.1. The lowest BCUT2D eigenvalue weighted by molar-refractivity contribution is -0.121. The Labute approximate surface area is 112 Å². The molecule has 0 aliphatic heterocycles. The smallest absolute Gasteiger partial charge is 0.237 e. The minimum absolute atomic E-state index is 0.144. The fraction of sp³-hybridized carbons (Fsp3) is 0.462. The van der Waals surface area contributed by atoms with Gasteiger partial charge in [0.15, 0.2) is 0 Å². The van der Waals surface area contributed by atoms with Gasteiger partial charge in [-0.05, 0) is 12.5 Å². The fourth-order valence-corrected chi connectivity index (χ4v) is 1.38. The molecule has 5 heteroatoms. The lowest BCUT2D eigenvalue weighted by Crippen LogP contribution is -2.37. The van der Waals surface area contributed by atoms with Crippen molar-refractivity contribution < 1.29 is 14.6 Å². The van der Waals surface area contributed by atoms with Crippen LogP contribution in [0.5, 0.6) is 0 Å². The Morgan fingerprint density at radius 3 is 2.72 bits per heavy atom. The third kappa shape index (κ3) is 6.00. The number of carbonyl (C=O) groups is 1. The topological polar surface area (TPSA) is 58.6 Å². The van der Waals surface area contributed by atoms with Gasteiger partial charge in [0.1, 0.15) is 5.38 Å². The van der Waals surface area contributed by atoms with Gasteiger partial charge in [0.25, 0.3) is 0 Å². The summed E-state index contributed by atoms with van der Waals surface area (Å²) in [5, 5.41) is 11.5. The van der Waals surface area contributed by atoms with E-state index in [2.05, 4.69) is 5.32 Å². The van der Waals surface area contributed by atoms with Gasteiger partial charge in [0.05, 0.1) is 19.3 Å². The van der Waals surface area contributed by atoms with Crippen LogP contribution in [0.1, 0.15) is 12.5 Å². The SMILES string of the molecule is C[C@H](Cl)C(=O)NC[C@H](O)COCc1ccccc1. The third-order valence-electron chi connectivity index (χ3n) is 2.29. The predicted octanol–water partition coefficient (Wildman–Crippen LogP) is 1.31. The molecule has 100 valence electrons. The van der Waals surface area contributed by atoms with Crippen molar-refractivity contribution in [1.29, 1.82) is 0 Å². The molecule has 1 aromatic carbocycles. The van der Waals surface area contributed by atoms with E-state index in [1.54, 1.807) is 6.92 Å². The van der Waals surface area contributed by atoms with Crippen LogP contribution in [0, 0.1) is 0 Å². The molecule has 1 aromatic rings. The van der Waals surface area contributed by atoms with Gasteiger partial charge in [-0.1, -0.05) is 30.3 Å². The van der Waals surface area contributed by atoms with E-state index in [-0.39, 0.29) is 19.1 Å². The van der Waals surface area contributed by atoms with Crippen LogP contribution < -0.4 is 5.32 Å². The van der Waals surface area contributed by atoms with Gasteiger partial charge >= 0.3 is 0 Å². The Kier molecular flexibility index (Phi) is 6.72. The van der Waals surface area contributed by atoms with Crippen LogP contribution in [-0.4, -0.2) is 35.6 Å². The molecule has 0 aliphatic carbocycles. The molecule has 0 aromatic heterocycles. The maximum Gasteiger partial charge on any atom is 0.237 e. The summed E-state index contributed by atoms with van der Waals surface area (Å²) in [6.07, 6.45) is -0.729. The van der Waals surface area contributed by atoms with Gasteiger partial charge in [-0.2, -0.15) is 0 Å². The van der Waals surface area contributed by atoms with Gasteiger partial charge in [0, 0.05) is 6.54 Å². The first kappa shape index (κ1) is 15.0. The highest BCUT2D eigenvalue weighted by molar-refractivity contribution is 6.30. The van der Waals surface area contributed by atoms with Crippen molar-refractivity contribution in [2.45, 2.75) is 25.0 Å². The first-order chi connectivity index (χ1) is 8.59. The average molecular weight is 272 g/mol. The fourth-order valence-electron chi connectivity index (χ4n) is 1.31. The summed E-state index contributed by atoms with van der Waals surface area (Å²) < 4.78 is 5.34. The zero-order valence-corrected chi connectivity index (χ0v) is 11.1. The van der Waals surface area contributed by atoms with E-state index in [1.807, 2.05) is 30.3 Å². The molecule has 18 heavy (non-hydrogen) atoms. The van der Waals surface area contributed by atoms with Crippen molar-refractivity contribution in [3.05, 3.63) is 35.9 Å². The molecule has 4 nitrogen and oxygen atoms in total. The van der Waals surface area contributed by atoms with Crippen molar-refractivity contribution in [3.63, 3.8) is 0 Å². The molecule has 0 heterocycles. The van der Waals surface area contributed by atoms with Gasteiger partial charge in [-0.25, -0.2) is 0 Å². The van der Waals surface area contributed by atoms with Gasteiger partial charge in [-0.3, -0.25) is 4.79 Å². The Balaban J connectivity index is 2.14. The first-order valence-corrected chi connectivity index (χ1v) is 6.24. The summed E-state index contributed by atoms with van der Waals surface area (Å²) in [6, 6.07) is 9.68. The standard InChI is InChI=1S/C13H18ClNO3/c1-10(14)13(17)15-7-12(16)9-18-8-11-5-3-2-4-6-11/h2-6,10,12,16H,7-9H2,1H3,(H,15,17)/t10-,12-/m0/s1. The minimum atomic E-state index is -0.729. The number of benzene rings is 1. The summed E-state index contributed by atoms with van der Waals surface area (Å²) in [4.78, 5) is 11.1. The molecular formula is C13H18ClNO3. The summed E-state index contributed by atoms with van der Waals surface area (Å²) >= 11 is 5.57. The van der Waals surface area contributed by atoms with E-state index in [0.29, 0.717) is 6.61 Å². The highest BCUT2D eigenvalue weighted by atomic mass is 35.5. The van der Waals surface area contributed by atoms with E-state index in [1.165, 1.54) is 0 Å². The molecule has 0 fully saturated rings. The van der Waals surface area contributed by atoms with Crippen LogP contribution in [-0.2, 0) is 16.1 Å². The Morgan fingerprint density at radius 1 is 1.44 bits per heavy atom. The van der Waals surface area contributed by atoms with E-state index < -0.39 is 11.5 Å². The molecule has 2 atom stereocenters. The Bertz CT molecular complexity index is 357. The van der Waals surface area contributed by atoms with E-state index in [4.69, 9.17) is 16.3 Å². The lowest BCUT2D eigenvalue weighted by atomic mass is 10.2. The molecule has 0 aliphatic rings. The largest absolute Gasteiger partial charge is 0.389 e. The average Bonchev–Trinajstić information content (AvgIpc) is 2.37. The summed E-state index contributed by atoms with van der Waals surface area (Å²) in [6.45, 7) is 2.34. The first-order valence-electron chi connectivity index (χ1n) is 5.81. The molecule has 0 saturated carbocycles. The highest BCUT2D eigenvalue weighted by Gasteiger charge is 2.11. The number of aliphatic hydroxyl groups excluding tert-OH is 1. The van der Waals surface area contributed by atoms with Crippen LogP contribution >= 0.6 is 11.6 Å². The van der Waals surface area contributed by atoms with Crippen molar-refractivity contribution in [1.82, 2.24) is 5.32 Å². The normalized spacial score (nSPS) is 13.9. The van der Waals surface area contributed by atoms with Crippen molar-refractivity contribution in [2.75, 3.05) is 13.2 Å². The number of aliphatic hydroxyl groups is 1. The number of carbonyl (C=O) groups excluding carboxylic acids is 1. The summed E-state index contributed by atoms with van der Waals surface area (Å²) in [5.41, 5.74) is 1.04. The minimum Gasteiger partial charge on any atom is -0.389 e. The molecule has 1 amide bonds. The number of hydrogen-bond acceptors (Lipinski definition) is 3. The number of hydrogen-bond donors (Lipinski definition) is 2. The van der Waals surface area contributed by atoms with Gasteiger partial charge in [-0.15, -0.1) is 11.6 Å². The number of rotatable bonds is 7. The van der Waals surface area contributed by atoms with Crippen LogP contribution in [0.2, 0.25) is 0 Å². The highest BCUT2D eigenvalue weighted by Crippen LogP contribution is 2.01. The van der Waals surface area contributed by atoms with E-state index in [0.717, 1.165) is 5.56 Å². The molecule has 1 rings (SSSR count). The number of halogens is 1. The van der Waals surface area contributed by atoms with Crippen molar-refractivity contribution in [2.24, 2.45) is 0 Å². The number of amides is 1. The van der Waals surface area contributed by atoms with Crippen LogP contribution in [0.4, 0.5) is 0 Å². The molecule has 0 saturated heterocycles. The van der Waals surface area contributed by atoms with Crippen molar-refractivity contribution >= 4 is 17.5 Å². The Morgan fingerprint density at radius 2 is 2.11 bits per heavy atom. The zero-order valence-electron chi connectivity index (χ0n) is 10.3. The second-order valence-electron chi connectivity index (χ2n) is 4.02. The Hall–Kier alpha value is -1.10. The second-order valence-corrected chi connectivity index (χ2v) is 4.67. The van der Waals surface area contributed by atoms with Gasteiger partial charge in [0.2, 0.25) is 5.91 Å². The maximum absolute atomic E-state index is 11.1. The monoisotopic (exact) mass is 271 g/mol. The quantitative estimate of drug-likeness (QED) is 0.735. The molecule has 0 spiro atoms. The van der Waals surface area contributed by atoms with Gasteiger partial charge < -0.3 is 15.2 Å². The molecule has 0 radical (unpaired) electrons. The molecule has 0 unspecified atom stereocenters. The van der Waals surface area contributed by atoms with Crippen LogP contribution in [0.3, 0.4) is 0 Å².